The van der Waals surface area contributed by atoms with Crippen LogP contribution < -0.4 is 16.6 Å². The minimum Gasteiger partial charge on any atom is -0.319 e. The maximum Gasteiger partial charge on any atom is 0.275 e. The molecule has 9 heteroatoms. The van der Waals surface area contributed by atoms with Crippen molar-refractivity contribution in [3.8, 4) is 0 Å². The molecule has 0 saturated carbocycles. The highest BCUT2D eigenvalue weighted by atomic mass is 79.9. The topological polar surface area (TPSA) is 80.0 Å². The number of hydrogen-bond acceptors (Lipinski definition) is 4. The smallest absolute Gasteiger partial charge is 0.275 e. The number of nitrogens with one attached hydrogen (secondary N) is 2. The first-order chi connectivity index (χ1) is 9.92. The summed E-state index contributed by atoms with van der Waals surface area (Å²) in [6.07, 6.45) is 0. The number of pyridine rings is 1. The normalized spacial score (nSPS) is 10.3. The molecule has 0 spiro atoms. The highest BCUT2D eigenvalue weighted by molar-refractivity contribution is 9.11. The molecule has 2 aromatic rings. The molecule has 1 amide bonds. The van der Waals surface area contributed by atoms with Gasteiger partial charge < -0.3 is 10.7 Å². The number of amides is 1. The van der Waals surface area contributed by atoms with Crippen LogP contribution >= 0.6 is 59.4 Å². The van der Waals surface area contributed by atoms with Crippen LogP contribution in [0.3, 0.4) is 0 Å². The molecule has 0 aliphatic carbocycles. The van der Waals surface area contributed by atoms with Crippen molar-refractivity contribution in [2.24, 2.45) is 5.84 Å². The van der Waals surface area contributed by atoms with Crippen molar-refractivity contribution in [2.75, 3.05) is 10.7 Å². The molecule has 0 fully saturated rings. The van der Waals surface area contributed by atoms with E-state index in [0.29, 0.717) is 20.5 Å². The van der Waals surface area contributed by atoms with Gasteiger partial charge in [0.2, 0.25) is 0 Å². The lowest BCUT2D eigenvalue weighted by molar-refractivity contribution is 0.102. The van der Waals surface area contributed by atoms with E-state index in [0.717, 1.165) is 4.47 Å². The molecule has 4 N–H and O–H groups in total. The highest BCUT2D eigenvalue weighted by Gasteiger charge is 2.16. The van der Waals surface area contributed by atoms with Crippen LogP contribution in [-0.4, -0.2) is 10.9 Å². The number of hydrogen-bond donors (Lipinski definition) is 3. The number of rotatable bonds is 3. The zero-order valence-corrected chi connectivity index (χ0v) is 15.8. The Bertz CT molecular complexity index is 688. The van der Waals surface area contributed by atoms with Crippen LogP contribution in [0, 0.1) is 0 Å². The Balaban J connectivity index is 2.35. The standard InChI is InChI=1S/C12H8Br3ClN4O/c13-5-3-6(14)10(7(15)4-5)19-12(21)11-8(16)1-2-9(18-11)20-17/h1-4H,17H2,(H,18,20)(H,19,21). The summed E-state index contributed by atoms with van der Waals surface area (Å²) in [7, 11) is 0. The van der Waals surface area contributed by atoms with E-state index in [1.54, 1.807) is 12.1 Å². The number of benzene rings is 1. The summed E-state index contributed by atoms with van der Waals surface area (Å²) in [5.74, 6) is 5.18. The van der Waals surface area contributed by atoms with Crippen molar-refractivity contribution in [2.45, 2.75) is 0 Å². The van der Waals surface area contributed by atoms with Crippen LogP contribution in [0.1, 0.15) is 10.5 Å². The molecule has 0 radical (unpaired) electrons. The molecule has 5 nitrogen and oxygen atoms in total. The van der Waals surface area contributed by atoms with Gasteiger partial charge in [0.15, 0.2) is 0 Å². The minimum atomic E-state index is -0.444. The fourth-order valence-electron chi connectivity index (χ4n) is 1.52. The van der Waals surface area contributed by atoms with E-state index >= 15 is 0 Å². The molecule has 0 saturated heterocycles. The lowest BCUT2D eigenvalue weighted by Gasteiger charge is -2.11. The van der Waals surface area contributed by atoms with Crippen LogP contribution in [0.4, 0.5) is 11.5 Å². The van der Waals surface area contributed by atoms with E-state index < -0.39 is 5.91 Å². The van der Waals surface area contributed by atoms with Gasteiger partial charge in [0.05, 0.1) is 10.7 Å². The van der Waals surface area contributed by atoms with Gasteiger partial charge >= 0.3 is 0 Å². The van der Waals surface area contributed by atoms with E-state index in [4.69, 9.17) is 17.4 Å². The summed E-state index contributed by atoms with van der Waals surface area (Å²) in [5.41, 5.74) is 3.02. The SMILES string of the molecule is NNc1ccc(Cl)c(C(=O)Nc2c(Br)cc(Br)cc2Br)n1. The van der Waals surface area contributed by atoms with Gasteiger partial charge in [-0.3, -0.25) is 4.79 Å². The molecule has 21 heavy (non-hydrogen) atoms. The maximum atomic E-state index is 12.3. The molecule has 0 aliphatic rings. The van der Waals surface area contributed by atoms with Gasteiger partial charge in [0.1, 0.15) is 11.5 Å². The first-order valence-electron chi connectivity index (χ1n) is 5.51. The van der Waals surface area contributed by atoms with Gasteiger partial charge in [-0.05, 0) is 56.1 Å². The number of nitrogen functional groups attached to an aromatic ring is 1. The van der Waals surface area contributed by atoms with Crippen molar-refractivity contribution >= 4 is 76.8 Å². The second kappa shape index (κ2) is 7.06. The minimum absolute atomic E-state index is 0.0776. The summed E-state index contributed by atoms with van der Waals surface area (Å²) in [5, 5.41) is 2.98. The average Bonchev–Trinajstić information content (AvgIpc) is 2.43. The monoisotopic (exact) mass is 496 g/mol. The number of nitrogens with zero attached hydrogens (tertiary/aromatic N) is 1. The third-order valence-electron chi connectivity index (χ3n) is 2.45. The van der Waals surface area contributed by atoms with Crippen LogP contribution in [0.5, 0.6) is 0 Å². The van der Waals surface area contributed by atoms with Crippen molar-refractivity contribution in [3.05, 3.63) is 48.4 Å². The fraction of sp³-hybridized carbons (Fsp3) is 0. The number of anilines is 2. The Kier molecular flexibility index (Phi) is 5.61. The number of halogens is 4. The Morgan fingerprint density at radius 1 is 1.19 bits per heavy atom. The first kappa shape index (κ1) is 16.7. The predicted molar refractivity (Wildman–Crippen MR) is 94.6 cm³/mol. The Hall–Kier alpha value is -0.670. The Labute approximate surface area is 151 Å². The van der Waals surface area contributed by atoms with Gasteiger partial charge in [-0.1, -0.05) is 27.5 Å². The summed E-state index contributed by atoms with van der Waals surface area (Å²) < 4.78 is 2.28. The number of carbonyl (C=O) groups excluding carboxylic acids is 1. The molecule has 2 rings (SSSR count). The number of aromatic nitrogens is 1. The maximum absolute atomic E-state index is 12.3. The molecular weight excluding hydrogens is 491 g/mol. The average molecular weight is 499 g/mol. The zero-order chi connectivity index (χ0) is 15.6. The number of nitrogens with two attached hydrogens (primary N) is 1. The lowest BCUT2D eigenvalue weighted by atomic mass is 10.3. The molecule has 0 bridgehead atoms. The first-order valence-corrected chi connectivity index (χ1v) is 8.27. The molecule has 0 aliphatic heterocycles. The molecule has 1 aromatic heterocycles. The van der Waals surface area contributed by atoms with Crippen LogP contribution in [-0.2, 0) is 0 Å². The Morgan fingerprint density at radius 3 is 2.38 bits per heavy atom. The van der Waals surface area contributed by atoms with Crippen LogP contribution in [0.15, 0.2) is 37.7 Å². The lowest BCUT2D eigenvalue weighted by Crippen LogP contribution is -2.17. The second-order valence-corrected chi connectivity index (χ2v) is 6.90. The third kappa shape index (κ3) is 3.95. The van der Waals surface area contributed by atoms with E-state index in [1.165, 1.54) is 0 Å². The molecule has 1 heterocycles. The summed E-state index contributed by atoms with van der Waals surface area (Å²) in [4.78, 5) is 16.4. The summed E-state index contributed by atoms with van der Waals surface area (Å²) in [6.45, 7) is 0. The number of hydrazine groups is 1. The third-order valence-corrected chi connectivity index (χ3v) is 4.47. The molecule has 0 atom stereocenters. The van der Waals surface area contributed by atoms with E-state index in [1.807, 2.05) is 12.1 Å². The van der Waals surface area contributed by atoms with Crippen LogP contribution in [0.25, 0.3) is 0 Å². The van der Waals surface area contributed by atoms with Gasteiger partial charge in [-0.15, -0.1) is 0 Å². The van der Waals surface area contributed by atoms with Gasteiger partial charge in [0, 0.05) is 13.4 Å². The van der Waals surface area contributed by atoms with Gasteiger partial charge in [-0.2, -0.15) is 0 Å². The van der Waals surface area contributed by atoms with Crippen LogP contribution in [0.2, 0.25) is 5.02 Å². The van der Waals surface area contributed by atoms with E-state index in [-0.39, 0.29) is 10.7 Å². The van der Waals surface area contributed by atoms with Gasteiger partial charge in [-0.25, -0.2) is 10.8 Å². The zero-order valence-electron chi connectivity index (χ0n) is 10.3. The fourth-order valence-corrected chi connectivity index (χ4v) is 4.16. The largest absolute Gasteiger partial charge is 0.319 e. The van der Waals surface area contributed by atoms with E-state index in [9.17, 15) is 4.79 Å². The summed E-state index contributed by atoms with van der Waals surface area (Å²) in [6, 6.07) is 6.75. The van der Waals surface area contributed by atoms with Crippen molar-refractivity contribution in [1.29, 1.82) is 0 Å². The number of carbonyl (C=O) groups is 1. The molecule has 110 valence electrons. The predicted octanol–water partition coefficient (Wildman–Crippen LogP) is 4.56. The van der Waals surface area contributed by atoms with Gasteiger partial charge in [0.25, 0.3) is 5.91 Å². The highest BCUT2D eigenvalue weighted by Crippen LogP contribution is 2.34. The quantitative estimate of drug-likeness (QED) is 0.428. The molecular formula is C12H8Br3ClN4O. The molecule has 0 unspecified atom stereocenters. The summed E-state index contributed by atoms with van der Waals surface area (Å²) >= 11 is 16.1. The second-order valence-electron chi connectivity index (χ2n) is 3.87. The van der Waals surface area contributed by atoms with Crippen molar-refractivity contribution in [1.82, 2.24) is 4.98 Å². The van der Waals surface area contributed by atoms with Crippen molar-refractivity contribution < 1.29 is 4.79 Å². The van der Waals surface area contributed by atoms with Crippen molar-refractivity contribution in [3.63, 3.8) is 0 Å². The van der Waals surface area contributed by atoms with E-state index in [2.05, 4.69) is 63.5 Å². The molecule has 1 aromatic carbocycles. The Morgan fingerprint density at radius 2 is 1.81 bits per heavy atom.